The fourth-order valence-corrected chi connectivity index (χ4v) is 3.53. The van der Waals surface area contributed by atoms with Crippen molar-refractivity contribution >= 4 is 0 Å². The highest BCUT2D eigenvalue weighted by Gasteiger charge is 2.31. The lowest BCUT2D eigenvalue weighted by atomic mass is 9.74. The summed E-state index contributed by atoms with van der Waals surface area (Å²) in [6.45, 7) is 13.7. The molecule has 3 nitrogen and oxygen atoms in total. The van der Waals surface area contributed by atoms with Crippen LogP contribution in [0, 0.1) is 23.7 Å². The van der Waals surface area contributed by atoms with Gasteiger partial charge in [-0.1, -0.05) is 27.7 Å². The van der Waals surface area contributed by atoms with Gasteiger partial charge >= 0.3 is 0 Å². The highest BCUT2D eigenvalue weighted by Crippen LogP contribution is 2.34. The van der Waals surface area contributed by atoms with Gasteiger partial charge in [0.2, 0.25) is 0 Å². The van der Waals surface area contributed by atoms with E-state index in [9.17, 15) is 5.11 Å². The van der Waals surface area contributed by atoms with Gasteiger partial charge in [0.15, 0.2) is 0 Å². The van der Waals surface area contributed by atoms with Gasteiger partial charge in [0.1, 0.15) is 0 Å². The van der Waals surface area contributed by atoms with Crippen LogP contribution >= 0.6 is 0 Å². The van der Waals surface area contributed by atoms with Gasteiger partial charge < -0.3 is 14.9 Å². The summed E-state index contributed by atoms with van der Waals surface area (Å²) in [4.78, 5) is 4.82. The Hall–Kier alpha value is -0.120. The summed E-state index contributed by atoms with van der Waals surface area (Å²) in [7, 11) is 4.27. The van der Waals surface area contributed by atoms with Gasteiger partial charge in [-0.3, -0.25) is 0 Å². The molecule has 0 aromatic heterocycles. The standard InChI is InChI=1S/C18H38N2O/c1-14(2)12-20(10-9-19(5)6)13-17-11-16(15(3)4)7-8-18(17)21/h14-18,21H,7-13H2,1-6H3. The molecule has 21 heavy (non-hydrogen) atoms. The van der Waals surface area contributed by atoms with Gasteiger partial charge in [-0.05, 0) is 57.0 Å². The van der Waals surface area contributed by atoms with Crippen LogP contribution in [0.15, 0.2) is 0 Å². The number of hydrogen-bond donors (Lipinski definition) is 1. The molecule has 0 bridgehead atoms. The third-order valence-corrected chi connectivity index (χ3v) is 4.91. The van der Waals surface area contributed by atoms with Gasteiger partial charge in [-0.25, -0.2) is 0 Å². The molecule has 1 rings (SSSR count). The smallest absolute Gasteiger partial charge is 0.0580 e. The van der Waals surface area contributed by atoms with Gasteiger partial charge in [-0.2, -0.15) is 0 Å². The van der Waals surface area contributed by atoms with Crippen molar-refractivity contribution in [1.29, 1.82) is 0 Å². The van der Waals surface area contributed by atoms with Crippen LogP contribution in [-0.4, -0.2) is 61.3 Å². The lowest BCUT2D eigenvalue weighted by Gasteiger charge is -2.38. The highest BCUT2D eigenvalue weighted by molar-refractivity contribution is 4.83. The van der Waals surface area contributed by atoms with Crippen LogP contribution in [0.3, 0.4) is 0 Å². The van der Waals surface area contributed by atoms with Crippen LogP contribution in [0.5, 0.6) is 0 Å². The Kier molecular flexibility index (Phi) is 8.22. The quantitative estimate of drug-likeness (QED) is 0.746. The van der Waals surface area contributed by atoms with Crippen LogP contribution in [0.4, 0.5) is 0 Å². The van der Waals surface area contributed by atoms with Crippen LogP contribution < -0.4 is 0 Å². The van der Waals surface area contributed by atoms with Crippen molar-refractivity contribution in [2.75, 3.05) is 40.3 Å². The molecular formula is C18H38N2O. The minimum Gasteiger partial charge on any atom is -0.393 e. The van der Waals surface area contributed by atoms with Crippen molar-refractivity contribution in [2.24, 2.45) is 23.7 Å². The minimum atomic E-state index is -0.0889. The van der Waals surface area contributed by atoms with E-state index in [0.717, 1.165) is 44.4 Å². The second kappa shape index (κ2) is 9.12. The first kappa shape index (κ1) is 18.9. The lowest BCUT2D eigenvalue weighted by Crippen LogP contribution is -2.43. The van der Waals surface area contributed by atoms with Crippen molar-refractivity contribution in [1.82, 2.24) is 9.80 Å². The summed E-state index contributed by atoms with van der Waals surface area (Å²) >= 11 is 0. The van der Waals surface area contributed by atoms with Crippen molar-refractivity contribution in [3.05, 3.63) is 0 Å². The summed E-state index contributed by atoms with van der Waals surface area (Å²) in [5, 5.41) is 10.4. The van der Waals surface area contributed by atoms with Crippen LogP contribution in [-0.2, 0) is 0 Å². The first-order valence-electron chi connectivity index (χ1n) is 8.84. The Labute approximate surface area is 132 Å². The van der Waals surface area contributed by atoms with Gasteiger partial charge in [0, 0.05) is 26.2 Å². The van der Waals surface area contributed by atoms with E-state index >= 15 is 0 Å². The zero-order valence-electron chi connectivity index (χ0n) is 15.2. The molecule has 1 fully saturated rings. The molecule has 3 unspecified atom stereocenters. The Morgan fingerprint density at radius 1 is 1.05 bits per heavy atom. The van der Waals surface area contributed by atoms with E-state index in [1.54, 1.807) is 0 Å². The molecule has 126 valence electrons. The molecule has 1 N–H and O–H groups in total. The van der Waals surface area contributed by atoms with E-state index in [4.69, 9.17) is 0 Å². The number of likely N-dealkylation sites (N-methyl/N-ethyl adjacent to an activating group) is 1. The van der Waals surface area contributed by atoms with Gasteiger partial charge in [-0.15, -0.1) is 0 Å². The van der Waals surface area contributed by atoms with Crippen LogP contribution in [0.2, 0.25) is 0 Å². The maximum absolute atomic E-state index is 10.4. The highest BCUT2D eigenvalue weighted by atomic mass is 16.3. The van der Waals surface area contributed by atoms with Crippen molar-refractivity contribution in [3.63, 3.8) is 0 Å². The van der Waals surface area contributed by atoms with E-state index < -0.39 is 0 Å². The third-order valence-electron chi connectivity index (χ3n) is 4.91. The van der Waals surface area contributed by atoms with E-state index in [2.05, 4.69) is 51.6 Å². The summed E-state index contributed by atoms with van der Waals surface area (Å²) in [6.07, 6.45) is 3.32. The fraction of sp³-hybridized carbons (Fsp3) is 1.00. The third kappa shape index (κ3) is 7.12. The molecule has 3 heteroatoms. The molecule has 1 saturated carbocycles. The van der Waals surface area contributed by atoms with E-state index in [1.807, 2.05) is 0 Å². The zero-order valence-corrected chi connectivity index (χ0v) is 15.2. The van der Waals surface area contributed by atoms with E-state index in [0.29, 0.717) is 11.8 Å². The van der Waals surface area contributed by atoms with Crippen LogP contribution in [0.25, 0.3) is 0 Å². The number of aliphatic hydroxyl groups excluding tert-OH is 1. The SMILES string of the molecule is CC(C)CN(CCN(C)C)CC1CC(C(C)C)CCC1O. The maximum atomic E-state index is 10.4. The summed E-state index contributed by atoms with van der Waals surface area (Å²) in [5.74, 6) is 2.70. The predicted molar refractivity (Wildman–Crippen MR) is 91.5 cm³/mol. The predicted octanol–water partition coefficient (Wildman–Crippen LogP) is 2.94. The minimum absolute atomic E-state index is 0.0889. The molecule has 0 aromatic carbocycles. The fourth-order valence-electron chi connectivity index (χ4n) is 3.53. The zero-order chi connectivity index (χ0) is 16.0. The molecule has 0 amide bonds. The van der Waals surface area contributed by atoms with Crippen molar-refractivity contribution < 1.29 is 5.11 Å². The molecule has 0 aliphatic heterocycles. The molecule has 1 aliphatic rings. The second-order valence-corrected chi connectivity index (χ2v) is 8.10. The average Bonchev–Trinajstić information content (AvgIpc) is 2.37. The van der Waals surface area contributed by atoms with Crippen LogP contribution in [0.1, 0.15) is 47.0 Å². The summed E-state index contributed by atoms with van der Waals surface area (Å²) in [5.41, 5.74) is 0. The molecule has 0 heterocycles. The molecule has 0 aromatic rings. The largest absolute Gasteiger partial charge is 0.393 e. The lowest BCUT2D eigenvalue weighted by molar-refractivity contribution is 0.0158. The molecule has 1 aliphatic carbocycles. The molecule has 0 radical (unpaired) electrons. The van der Waals surface area contributed by atoms with Gasteiger partial charge in [0.25, 0.3) is 0 Å². The maximum Gasteiger partial charge on any atom is 0.0580 e. The number of hydrogen-bond acceptors (Lipinski definition) is 3. The van der Waals surface area contributed by atoms with Gasteiger partial charge in [0.05, 0.1) is 6.10 Å². The molecular weight excluding hydrogens is 260 g/mol. The monoisotopic (exact) mass is 298 g/mol. The number of rotatable bonds is 8. The summed E-state index contributed by atoms with van der Waals surface area (Å²) < 4.78 is 0. The summed E-state index contributed by atoms with van der Waals surface area (Å²) in [6, 6.07) is 0. The second-order valence-electron chi connectivity index (χ2n) is 8.10. The van der Waals surface area contributed by atoms with E-state index in [1.165, 1.54) is 12.8 Å². The number of nitrogens with zero attached hydrogens (tertiary/aromatic N) is 2. The first-order valence-corrected chi connectivity index (χ1v) is 8.84. The average molecular weight is 299 g/mol. The topological polar surface area (TPSA) is 26.7 Å². The Morgan fingerprint density at radius 2 is 1.71 bits per heavy atom. The molecule has 0 saturated heterocycles. The number of aliphatic hydroxyl groups is 1. The van der Waals surface area contributed by atoms with Crippen molar-refractivity contribution in [2.45, 2.75) is 53.1 Å². The van der Waals surface area contributed by atoms with E-state index in [-0.39, 0.29) is 6.10 Å². The first-order chi connectivity index (χ1) is 9.79. The Bertz CT molecular complexity index is 278. The normalized spacial score (nSPS) is 27.3. The van der Waals surface area contributed by atoms with Crippen molar-refractivity contribution in [3.8, 4) is 0 Å². The molecule has 0 spiro atoms. The Morgan fingerprint density at radius 3 is 2.24 bits per heavy atom. The Balaban J connectivity index is 2.57. The molecule has 3 atom stereocenters.